The summed E-state index contributed by atoms with van der Waals surface area (Å²) in [7, 11) is 1.80. The molecule has 1 amide bonds. The maximum Gasteiger partial charge on any atom is 0.252 e. The summed E-state index contributed by atoms with van der Waals surface area (Å²) < 4.78 is 22.2. The Kier molecular flexibility index (Phi) is 5.93. The molecular weight excluding hydrogens is 445 g/mol. The molecule has 1 unspecified atom stereocenters. The van der Waals surface area contributed by atoms with Gasteiger partial charge in [-0.25, -0.2) is 9.37 Å². The quantitative estimate of drug-likeness (QED) is 0.375. The maximum absolute atomic E-state index is 14.6. The summed E-state index contributed by atoms with van der Waals surface area (Å²) in [4.78, 5) is 17.4. The van der Waals surface area contributed by atoms with Crippen LogP contribution in [0, 0.1) is 12.7 Å². The van der Waals surface area contributed by atoms with Gasteiger partial charge in [-0.3, -0.25) is 4.79 Å². The van der Waals surface area contributed by atoms with Gasteiger partial charge in [0.05, 0.1) is 0 Å². The van der Waals surface area contributed by atoms with Crippen molar-refractivity contribution >= 4 is 5.91 Å². The van der Waals surface area contributed by atoms with Gasteiger partial charge in [-0.05, 0) is 49.4 Å². The van der Waals surface area contributed by atoms with Crippen molar-refractivity contribution in [3.05, 3.63) is 114 Å². The van der Waals surface area contributed by atoms with Crippen LogP contribution in [-0.4, -0.2) is 25.7 Å². The van der Waals surface area contributed by atoms with Crippen LogP contribution < -0.4 is 5.32 Å². The molecule has 0 radical (unpaired) electrons. The number of hydrogen-bond acceptors (Lipinski definition) is 5. The number of aryl methyl sites for hydroxylation is 2. The summed E-state index contributed by atoms with van der Waals surface area (Å²) in [6.45, 7) is 2.00. The van der Waals surface area contributed by atoms with E-state index >= 15 is 0 Å². The third-order valence-electron chi connectivity index (χ3n) is 5.69. The molecule has 0 saturated heterocycles. The SMILES string of the molecule is Cc1cccc(-c2nnc(-c3ccc(C(=O)NC(c4ccccc4F)c4nccn4C)cc3)o2)c1. The molecule has 3 aromatic carbocycles. The summed E-state index contributed by atoms with van der Waals surface area (Å²) in [6.07, 6.45) is 3.36. The van der Waals surface area contributed by atoms with Gasteiger partial charge in [0.1, 0.15) is 17.7 Å². The molecule has 2 aromatic heterocycles. The number of hydrogen-bond donors (Lipinski definition) is 1. The molecule has 0 fully saturated rings. The van der Waals surface area contributed by atoms with Crippen molar-refractivity contribution in [1.82, 2.24) is 25.1 Å². The number of aromatic nitrogens is 4. The Bertz CT molecular complexity index is 1490. The number of carbonyl (C=O) groups is 1. The molecule has 0 spiro atoms. The Morgan fingerprint density at radius 3 is 2.40 bits per heavy atom. The van der Waals surface area contributed by atoms with Gasteiger partial charge in [-0.2, -0.15) is 0 Å². The van der Waals surface area contributed by atoms with Crippen LogP contribution >= 0.6 is 0 Å². The van der Waals surface area contributed by atoms with E-state index < -0.39 is 11.9 Å². The third kappa shape index (κ3) is 4.59. The molecule has 0 bridgehead atoms. The first-order chi connectivity index (χ1) is 17.0. The van der Waals surface area contributed by atoms with Crippen molar-refractivity contribution in [3.8, 4) is 22.9 Å². The number of halogens is 1. The second-order valence-corrected chi connectivity index (χ2v) is 8.18. The molecule has 0 aliphatic heterocycles. The zero-order chi connectivity index (χ0) is 24.4. The smallest absolute Gasteiger partial charge is 0.252 e. The summed E-state index contributed by atoms with van der Waals surface area (Å²) in [6, 6.07) is 20.2. The normalized spacial score (nSPS) is 11.9. The molecule has 35 heavy (non-hydrogen) atoms. The molecule has 1 atom stereocenters. The fourth-order valence-electron chi connectivity index (χ4n) is 3.86. The number of amides is 1. The Morgan fingerprint density at radius 2 is 1.71 bits per heavy atom. The van der Waals surface area contributed by atoms with E-state index in [4.69, 9.17) is 4.42 Å². The highest BCUT2D eigenvalue weighted by Crippen LogP contribution is 2.26. The Morgan fingerprint density at radius 1 is 0.971 bits per heavy atom. The van der Waals surface area contributed by atoms with Crippen LogP contribution in [0.25, 0.3) is 22.9 Å². The molecular formula is C27H22FN5O2. The van der Waals surface area contributed by atoms with Gasteiger partial charge in [-0.1, -0.05) is 35.9 Å². The highest BCUT2D eigenvalue weighted by atomic mass is 19.1. The molecule has 174 valence electrons. The predicted octanol–water partition coefficient (Wildman–Crippen LogP) is 5.10. The van der Waals surface area contributed by atoms with E-state index in [1.165, 1.54) is 6.07 Å². The second kappa shape index (κ2) is 9.34. The first-order valence-corrected chi connectivity index (χ1v) is 11.0. The van der Waals surface area contributed by atoms with Crippen LogP contribution in [0.3, 0.4) is 0 Å². The van der Waals surface area contributed by atoms with E-state index in [0.29, 0.717) is 34.3 Å². The van der Waals surface area contributed by atoms with Crippen molar-refractivity contribution < 1.29 is 13.6 Å². The first-order valence-electron chi connectivity index (χ1n) is 11.0. The van der Waals surface area contributed by atoms with E-state index in [1.54, 1.807) is 66.5 Å². The number of rotatable bonds is 6. The first kappa shape index (κ1) is 22.2. The largest absolute Gasteiger partial charge is 0.416 e. The molecule has 0 aliphatic rings. The summed E-state index contributed by atoms with van der Waals surface area (Å²) in [5.41, 5.74) is 3.36. The highest BCUT2D eigenvalue weighted by molar-refractivity contribution is 5.95. The van der Waals surface area contributed by atoms with Gasteiger partial charge in [0.15, 0.2) is 0 Å². The lowest BCUT2D eigenvalue weighted by Crippen LogP contribution is -2.31. The van der Waals surface area contributed by atoms with E-state index in [0.717, 1.165) is 11.1 Å². The topological polar surface area (TPSA) is 85.8 Å². The standard InChI is InChI=1S/C27H22FN5O2/c1-17-6-5-7-20(16-17)27-32-31-26(35-27)19-12-10-18(11-13-19)25(34)30-23(24-29-14-15-33(24)2)21-8-3-4-9-22(21)28/h3-16,23H,1-2H3,(H,30,34). The molecule has 0 aliphatic carbocycles. The van der Waals surface area contributed by atoms with Gasteiger partial charge in [-0.15, -0.1) is 10.2 Å². The summed E-state index contributed by atoms with van der Waals surface area (Å²) in [5.74, 6) is 0.518. The van der Waals surface area contributed by atoms with Crippen LogP contribution in [0.2, 0.25) is 0 Å². The molecule has 1 N–H and O–H groups in total. The van der Waals surface area contributed by atoms with Crippen LogP contribution in [0.15, 0.2) is 89.6 Å². The lowest BCUT2D eigenvalue weighted by Gasteiger charge is -2.20. The minimum absolute atomic E-state index is 0.335. The van der Waals surface area contributed by atoms with Crippen LogP contribution in [0.5, 0.6) is 0 Å². The van der Waals surface area contributed by atoms with Gasteiger partial charge in [0.25, 0.3) is 5.91 Å². The van der Waals surface area contributed by atoms with Crippen molar-refractivity contribution in [3.63, 3.8) is 0 Å². The fourth-order valence-corrected chi connectivity index (χ4v) is 3.86. The van der Waals surface area contributed by atoms with Crippen molar-refractivity contribution in [2.45, 2.75) is 13.0 Å². The molecule has 2 heterocycles. The minimum atomic E-state index is -0.754. The second-order valence-electron chi connectivity index (χ2n) is 8.18. The van der Waals surface area contributed by atoms with Crippen molar-refractivity contribution in [1.29, 1.82) is 0 Å². The van der Waals surface area contributed by atoms with Gasteiger partial charge in [0, 0.05) is 41.7 Å². The maximum atomic E-state index is 14.6. The van der Waals surface area contributed by atoms with Crippen LogP contribution in [-0.2, 0) is 7.05 Å². The zero-order valence-corrected chi connectivity index (χ0v) is 19.1. The molecule has 8 heteroatoms. The Balaban J connectivity index is 1.38. The number of imidazole rings is 1. The van der Waals surface area contributed by atoms with E-state index in [9.17, 15) is 9.18 Å². The predicted molar refractivity (Wildman–Crippen MR) is 129 cm³/mol. The molecule has 7 nitrogen and oxygen atoms in total. The number of benzene rings is 3. The zero-order valence-electron chi connectivity index (χ0n) is 19.1. The lowest BCUT2D eigenvalue weighted by atomic mass is 10.0. The average molecular weight is 468 g/mol. The molecule has 5 rings (SSSR count). The van der Waals surface area contributed by atoms with E-state index in [-0.39, 0.29) is 5.91 Å². The number of carbonyl (C=O) groups excluding carboxylic acids is 1. The van der Waals surface area contributed by atoms with Crippen molar-refractivity contribution in [2.75, 3.05) is 0 Å². The van der Waals surface area contributed by atoms with Gasteiger partial charge >= 0.3 is 0 Å². The van der Waals surface area contributed by atoms with Crippen LogP contribution in [0.4, 0.5) is 4.39 Å². The van der Waals surface area contributed by atoms with Gasteiger partial charge < -0.3 is 14.3 Å². The minimum Gasteiger partial charge on any atom is -0.416 e. The van der Waals surface area contributed by atoms with E-state index in [1.807, 2.05) is 31.2 Å². The highest BCUT2D eigenvalue weighted by Gasteiger charge is 2.24. The van der Waals surface area contributed by atoms with E-state index in [2.05, 4.69) is 20.5 Å². The number of nitrogens with zero attached hydrogens (tertiary/aromatic N) is 4. The summed E-state index contributed by atoms with van der Waals surface area (Å²) in [5, 5.41) is 11.2. The van der Waals surface area contributed by atoms with Gasteiger partial charge in [0.2, 0.25) is 11.8 Å². The summed E-state index contributed by atoms with van der Waals surface area (Å²) >= 11 is 0. The number of nitrogens with one attached hydrogen (secondary N) is 1. The average Bonchev–Trinajstić information content (AvgIpc) is 3.53. The molecule has 0 saturated carbocycles. The van der Waals surface area contributed by atoms with Crippen LogP contribution in [0.1, 0.15) is 33.4 Å². The Labute approximate surface area is 201 Å². The third-order valence-corrected chi connectivity index (χ3v) is 5.69. The molecule has 5 aromatic rings. The van der Waals surface area contributed by atoms with Crippen molar-refractivity contribution in [2.24, 2.45) is 7.05 Å². The lowest BCUT2D eigenvalue weighted by molar-refractivity contribution is 0.0940. The monoisotopic (exact) mass is 467 g/mol. The fraction of sp³-hybridized carbons (Fsp3) is 0.111. The Hall–Kier alpha value is -4.59.